The summed E-state index contributed by atoms with van der Waals surface area (Å²) in [4.78, 5) is 35.4. The highest BCUT2D eigenvalue weighted by Gasteiger charge is 2.28. The first-order chi connectivity index (χ1) is 15.8. The van der Waals surface area contributed by atoms with Crippen molar-refractivity contribution in [1.29, 1.82) is 0 Å². The van der Waals surface area contributed by atoms with E-state index in [0.717, 1.165) is 11.1 Å². The Kier molecular flexibility index (Phi) is 8.15. The quantitative estimate of drug-likeness (QED) is 0.431. The Morgan fingerprint density at radius 1 is 1.03 bits per heavy atom. The molecule has 0 saturated carbocycles. The number of esters is 1. The minimum absolute atomic E-state index is 0.0592. The molecule has 11 heteroatoms. The minimum atomic E-state index is -3.73. The molecule has 0 atom stereocenters. The molecule has 0 spiro atoms. The Morgan fingerprint density at radius 2 is 1.73 bits per heavy atom. The van der Waals surface area contributed by atoms with E-state index >= 15 is 0 Å². The van der Waals surface area contributed by atoms with Gasteiger partial charge in [0.1, 0.15) is 0 Å². The van der Waals surface area contributed by atoms with Crippen molar-refractivity contribution < 1.29 is 32.3 Å². The van der Waals surface area contributed by atoms with Gasteiger partial charge in [-0.2, -0.15) is 4.31 Å². The maximum atomic E-state index is 13.0. The van der Waals surface area contributed by atoms with Crippen LogP contribution in [0.1, 0.15) is 21.5 Å². The number of carbonyl (C=O) groups excluding carboxylic acids is 3. The summed E-state index contributed by atoms with van der Waals surface area (Å²) in [6.45, 7) is 0.499. The number of amides is 3. The molecule has 1 aliphatic heterocycles. The van der Waals surface area contributed by atoms with E-state index in [0.29, 0.717) is 13.0 Å². The third kappa shape index (κ3) is 6.37. The summed E-state index contributed by atoms with van der Waals surface area (Å²) in [6, 6.07) is 12.3. The molecule has 0 aromatic heterocycles. The van der Waals surface area contributed by atoms with Gasteiger partial charge in [-0.15, -0.1) is 0 Å². The first kappa shape index (κ1) is 24.4. The number of benzene rings is 2. The SMILES string of the molecule is COCCNC(=O)NC(=O)COC(=O)c1ccc(S(=O)(=O)N2CCc3ccccc3C2)cc1. The fourth-order valence-electron chi connectivity index (χ4n) is 3.28. The van der Waals surface area contributed by atoms with Crippen LogP contribution in [0.25, 0.3) is 0 Å². The molecule has 176 valence electrons. The van der Waals surface area contributed by atoms with Gasteiger partial charge in [0.05, 0.1) is 17.1 Å². The molecule has 10 nitrogen and oxygen atoms in total. The number of nitrogens with one attached hydrogen (secondary N) is 2. The van der Waals surface area contributed by atoms with E-state index in [4.69, 9.17) is 9.47 Å². The summed E-state index contributed by atoms with van der Waals surface area (Å²) < 4.78 is 37.1. The van der Waals surface area contributed by atoms with E-state index in [1.54, 1.807) is 0 Å². The number of hydrogen-bond acceptors (Lipinski definition) is 7. The largest absolute Gasteiger partial charge is 0.452 e. The number of carbonyl (C=O) groups is 3. The molecule has 2 N–H and O–H groups in total. The van der Waals surface area contributed by atoms with E-state index in [1.165, 1.54) is 35.7 Å². The third-order valence-corrected chi connectivity index (χ3v) is 6.86. The zero-order valence-electron chi connectivity index (χ0n) is 18.1. The van der Waals surface area contributed by atoms with E-state index < -0.39 is 34.5 Å². The molecule has 1 heterocycles. The van der Waals surface area contributed by atoms with E-state index in [-0.39, 0.29) is 30.2 Å². The number of methoxy groups -OCH3 is 1. The van der Waals surface area contributed by atoms with Gasteiger partial charge in [-0.05, 0) is 41.8 Å². The molecule has 3 rings (SSSR count). The lowest BCUT2D eigenvalue weighted by Crippen LogP contribution is -2.42. The molecule has 0 radical (unpaired) electrons. The zero-order valence-corrected chi connectivity index (χ0v) is 18.9. The average molecular weight is 476 g/mol. The van der Waals surface area contributed by atoms with Crippen LogP contribution in [0, 0.1) is 0 Å². The number of nitrogens with zero attached hydrogens (tertiary/aromatic N) is 1. The van der Waals surface area contributed by atoms with E-state index in [1.807, 2.05) is 29.6 Å². The number of urea groups is 1. The summed E-state index contributed by atoms with van der Waals surface area (Å²) in [5.41, 5.74) is 2.19. The smallest absolute Gasteiger partial charge is 0.338 e. The number of imide groups is 1. The Labute approximate surface area is 191 Å². The summed E-state index contributed by atoms with van der Waals surface area (Å²) in [6.07, 6.45) is 0.631. The number of sulfonamides is 1. The van der Waals surface area contributed by atoms with Gasteiger partial charge in [0.2, 0.25) is 10.0 Å². The highest BCUT2D eigenvalue weighted by Crippen LogP contribution is 2.25. The predicted octanol–water partition coefficient (Wildman–Crippen LogP) is 1.06. The van der Waals surface area contributed by atoms with Gasteiger partial charge in [-0.1, -0.05) is 24.3 Å². The molecule has 0 fully saturated rings. The molecule has 0 bridgehead atoms. The van der Waals surface area contributed by atoms with Crippen LogP contribution in [0.4, 0.5) is 4.79 Å². The predicted molar refractivity (Wildman–Crippen MR) is 118 cm³/mol. The van der Waals surface area contributed by atoms with Crippen molar-refractivity contribution in [1.82, 2.24) is 14.9 Å². The summed E-state index contributed by atoms with van der Waals surface area (Å²) in [5, 5.41) is 4.40. The fourth-order valence-corrected chi connectivity index (χ4v) is 4.69. The lowest BCUT2D eigenvalue weighted by atomic mass is 10.0. The second kappa shape index (κ2) is 11.0. The Balaban J connectivity index is 1.54. The van der Waals surface area contributed by atoms with Crippen LogP contribution in [0.5, 0.6) is 0 Å². The Hall–Kier alpha value is -3.28. The van der Waals surface area contributed by atoms with Crippen molar-refractivity contribution in [2.24, 2.45) is 0 Å². The summed E-state index contributed by atoms with van der Waals surface area (Å²) >= 11 is 0. The highest BCUT2D eigenvalue weighted by molar-refractivity contribution is 7.89. The van der Waals surface area contributed by atoms with Crippen molar-refractivity contribution in [2.45, 2.75) is 17.9 Å². The molecular weight excluding hydrogens is 450 g/mol. The second-order valence-electron chi connectivity index (χ2n) is 7.25. The van der Waals surface area contributed by atoms with Crippen LogP contribution in [0.3, 0.4) is 0 Å². The van der Waals surface area contributed by atoms with E-state index in [9.17, 15) is 22.8 Å². The molecular formula is C22H25N3O7S. The van der Waals surface area contributed by atoms with Gasteiger partial charge >= 0.3 is 12.0 Å². The maximum Gasteiger partial charge on any atom is 0.338 e. The molecule has 3 amide bonds. The summed E-state index contributed by atoms with van der Waals surface area (Å²) in [5.74, 6) is -1.62. The van der Waals surface area contributed by atoms with Crippen molar-refractivity contribution >= 4 is 27.9 Å². The van der Waals surface area contributed by atoms with E-state index in [2.05, 4.69) is 5.32 Å². The first-order valence-corrected chi connectivity index (χ1v) is 11.7. The van der Waals surface area contributed by atoms with Gasteiger partial charge in [0, 0.05) is 26.7 Å². The monoisotopic (exact) mass is 475 g/mol. The maximum absolute atomic E-state index is 13.0. The Bertz CT molecular complexity index is 1120. The van der Waals surface area contributed by atoms with Gasteiger partial charge in [-0.3, -0.25) is 10.1 Å². The topological polar surface area (TPSA) is 131 Å². The molecule has 0 unspecified atom stereocenters. The van der Waals surface area contributed by atoms with Crippen LogP contribution >= 0.6 is 0 Å². The van der Waals surface area contributed by atoms with Crippen LogP contribution in [0.15, 0.2) is 53.4 Å². The Morgan fingerprint density at radius 3 is 2.42 bits per heavy atom. The number of rotatable bonds is 8. The van der Waals surface area contributed by atoms with Crippen LogP contribution in [-0.2, 0) is 37.3 Å². The second-order valence-corrected chi connectivity index (χ2v) is 9.19. The highest BCUT2D eigenvalue weighted by atomic mass is 32.2. The van der Waals surface area contributed by atoms with Gasteiger partial charge in [0.15, 0.2) is 6.61 Å². The molecule has 2 aromatic carbocycles. The standard InChI is InChI=1S/C22H25N3O7S/c1-31-13-11-23-22(28)24-20(26)15-32-21(27)17-6-8-19(9-7-17)33(29,30)25-12-10-16-4-2-3-5-18(16)14-25/h2-9H,10-15H2,1H3,(H2,23,24,26,28). The molecule has 33 heavy (non-hydrogen) atoms. The lowest BCUT2D eigenvalue weighted by Gasteiger charge is -2.28. The number of hydrogen-bond donors (Lipinski definition) is 2. The van der Waals surface area contributed by atoms with Gasteiger partial charge < -0.3 is 14.8 Å². The number of ether oxygens (including phenoxy) is 2. The van der Waals surface area contributed by atoms with Gasteiger partial charge in [-0.25, -0.2) is 18.0 Å². The lowest BCUT2D eigenvalue weighted by molar-refractivity contribution is -0.123. The van der Waals surface area contributed by atoms with Crippen molar-refractivity contribution in [3.8, 4) is 0 Å². The van der Waals surface area contributed by atoms with Crippen LogP contribution < -0.4 is 10.6 Å². The number of fused-ring (bicyclic) bond motifs is 1. The zero-order chi connectivity index (χ0) is 23.8. The normalized spacial score (nSPS) is 13.6. The van der Waals surface area contributed by atoms with Gasteiger partial charge in [0.25, 0.3) is 5.91 Å². The molecule has 1 aliphatic rings. The minimum Gasteiger partial charge on any atom is -0.452 e. The molecule has 0 aliphatic carbocycles. The molecule has 2 aromatic rings. The van der Waals surface area contributed by atoms with Crippen LogP contribution in [0.2, 0.25) is 0 Å². The van der Waals surface area contributed by atoms with Crippen molar-refractivity contribution in [2.75, 3.05) is 33.4 Å². The third-order valence-electron chi connectivity index (χ3n) is 5.00. The molecule has 0 saturated heterocycles. The van der Waals surface area contributed by atoms with Crippen LogP contribution in [-0.4, -0.2) is 64.0 Å². The first-order valence-electron chi connectivity index (χ1n) is 10.2. The van der Waals surface area contributed by atoms with Crippen molar-refractivity contribution in [3.05, 3.63) is 65.2 Å². The summed E-state index contributed by atoms with van der Waals surface area (Å²) in [7, 11) is -2.26. The average Bonchev–Trinajstić information content (AvgIpc) is 2.82. The van der Waals surface area contributed by atoms with Crippen molar-refractivity contribution in [3.63, 3.8) is 0 Å². The fraction of sp³-hybridized carbons (Fsp3) is 0.318.